The first-order valence-corrected chi connectivity index (χ1v) is 5.72. The minimum absolute atomic E-state index is 0.0607. The third-order valence-electron chi connectivity index (χ3n) is 2.77. The van der Waals surface area contributed by atoms with Crippen LogP contribution in [0.2, 0.25) is 0 Å². The van der Waals surface area contributed by atoms with Crippen LogP contribution in [0.15, 0.2) is 4.60 Å². The Balaban J connectivity index is 2.36. The molecule has 2 rings (SSSR count). The van der Waals surface area contributed by atoms with Crippen LogP contribution in [0.3, 0.4) is 0 Å². The van der Waals surface area contributed by atoms with E-state index in [1.807, 2.05) is 6.92 Å². The van der Waals surface area contributed by atoms with E-state index in [1.54, 1.807) is 11.7 Å². The lowest BCUT2D eigenvalue weighted by Gasteiger charge is -2.35. The van der Waals surface area contributed by atoms with Crippen molar-refractivity contribution in [2.75, 3.05) is 6.61 Å². The standard InChI is InChI=1S/C9H14BrN3O2/c1-6-5-9(14,3-4-15-6)7-8(10)11-12-13(7)2/h6,14H,3-5H2,1-2H3. The van der Waals surface area contributed by atoms with Crippen molar-refractivity contribution in [3.63, 3.8) is 0 Å². The van der Waals surface area contributed by atoms with E-state index in [0.717, 1.165) is 5.69 Å². The topological polar surface area (TPSA) is 60.2 Å². The molecule has 1 aromatic rings. The molecular weight excluding hydrogens is 262 g/mol. The van der Waals surface area contributed by atoms with Crippen LogP contribution in [-0.2, 0) is 17.4 Å². The fourth-order valence-electron chi connectivity index (χ4n) is 2.11. The lowest BCUT2D eigenvalue weighted by Crippen LogP contribution is -2.39. The molecule has 1 aromatic heterocycles. The van der Waals surface area contributed by atoms with Crippen LogP contribution in [0.5, 0.6) is 0 Å². The van der Waals surface area contributed by atoms with Crippen molar-refractivity contribution in [2.45, 2.75) is 31.5 Å². The van der Waals surface area contributed by atoms with Gasteiger partial charge in [0.05, 0.1) is 12.7 Å². The second-order valence-electron chi connectivity index (χ2n) is 4.02. The summed E-state index contributed by atoms with van der Waals surface area (Å²) < 4.78 is 7.65. The SMILES string of the molecule is CC1CC(O)(c2c(Br)nnn2C)CCO1. The van der Waals surface area contributed by atoms with E-state index >= 15 is 0 Å². The zero-order valence-corrected chi connectivity index (χ0v) is 10.4. The Hall–Kier alpha value is -0.460. The molecule has 0 aromatic carbocycles. The van der Waals surface area contributed by atoms with E-state index in [1.165, 1.54) is 0 Å². The van der Waals surface area contributed by atoms with Gasteiger partial charge < -0.3 is 9.84 Å². The molecule has 0 amide bonds. The van der Waals surface area contributed by atoms with Gasteiger partial charge in [-0.2, -0.15) is 0 Å². The molecule has 6 heteroatoms. The van der Waals surface area contributed by atoms with Crippen molar-refractivity contribution < 1.29 is 9.84 Å². The van der Waals surface area contributed by atoms with Crippen molar-refractivity contribution in [1.29, 1.82) is 0 Å². The Morgan fingerprint density at radius 1 is 1.67 bits per heavy atom. The molecule has 5 nitrogen and oxygen atoms in total. The third-order valence-corrected chi connectivity index (χ3v) is 3.30. The minimum atomic E-state index is -0.880. The molecular formula is C9H14BrN3O2. The van der Waals surface area contributed by atoms with Crippen molar-refractivity contribution in [2.24, 2.45) is 7.05 Å². The Labute approximate surface area is 96.6 Å². The molecule has 2 unspecified atom stereocenters. The van der Waals surface area contributed by atoms with Crippen LogP contribution >= 0.6 is 15.9 Å². The highest BCUT2D eigenvalue weighted by atomic mass is 79.9. The number of rotatable bonds is 1. The highest BCUT2D eigenvalue weighted by Gasteiger charge is 2.39. The number of aliphatic hydroxyl groups is 1. The number of nitrogens with zero attached hydrogens (tertiary/aromatic N) is 3. The number of hydrogen-bond acceptors (Lipinski definition) is 4. The van der Waals surface area contributed by atoms with Crippen molar-refractivity contribution in [3.05, 3.63) is 10.3 Å². The molecule has 1 aliphatic heterocycles. The predicted octanol–water partition coefficient (Wildman–Crippen LogP) is 0.964. The van der Waals surface area contributed by atoms with Crippen LogP contribution in [-0.4, -0.2) is 32.8 Å². The normalized spacial score (nSPS) is 31.9. The average molecular weight is 276 g/mol. The maximum absolute atomic E-state index is 10.6. The number of hydrogen-bond donors (Lipinski definition) is 1. The van der Waals surface area contributed by atoms with Gasteiger partial charge in [-0.1, -0.05) is 5.21 Å². The van der Waals surface area contributed by atoms with E-state index in [2.05, 4.69) is 26.2 Å². The molecule has 0 radical (unpaired) electrons. The molecule has 0 spiro atoms. The summed E-state index contributed by atoms with van der Waals surface area (Å²) >= 11 is 3.31. The lowest BCUT2D eigenvalue weighted by molar-refractivity contribution is -0.105. The van der Waals surface area contributed by atoms with Gasteiger partial charge in [-0.3, -0.25) is 0 Å². The smallest absolute Gasteiger partial charge is 0.154 e. The van der Waals surface area contributed by atoms with Crippen LogP contribution < -0.4 is 0 Å². The van der Waals surface area contributed by atoms with Crippen LogP contribution in [0.1, 0.15) is 25.5 Å². The van der Waals surface area contributed by atoms with Crippen LogP contribution in [0.25, 0.3) is 0 Å². The molecule has 0 aliphatic carbocycles. The van der Waals surface area contributed by atoms with Gasteiger partial charge in [0.2, 0.25) is 0 Å². The summed E-state index contributed by atoms with van der Waals surface area (Å²) in [5.74, 6) is 0. The molecule has 1 aliphatic rings. The predicted molar refractivity (Wildman–Crippen MR) is 57.2 cm³/mol. The maximum Gasteiger partial charge on any atom is 0.154 e. The number of aromatic nitrogens is 3. The van der Waals surface area contributed by atoms with Crippen molar-refractivity contribution >= 4 is 15.9 Å². The lowest BCUT2D eigenvalue weighted by atomic mass is 9.88. The molecule has 1 N–H and O–H groups in total. The molecule has 15 heavy (non-hydrogen) atoms. The third kappa shape index (κ3) is 1.93. The Morgan fingerprint density at radius 2 is 2.40 bits per heavy atom. The van der Waals surface area contributed by atoms with E-state index < -0.39 is 5.60 Å². The summed E-state index contributed by atoms with van der Waals surface area (Å²) in [5, 5.41) is 18.3. The van der Waals surface area contributed by atoms with E-state index in [0.29, 0.717) is 24.1 Å². The van der Waals surface area contributed by atoms with E-state index in [-0.39, 0.29) is 6.10 Å². The van der Waals surface area contributed by atoms with Gasteiger partial charge in [0.15, 0.2) is 4.60 Å². The monoisotopic (exact) mass is 275 g/mol. The quantitative estimate of drug-likeness (QED) is 0.830. The highest BCUT2D eigenvalue weighted by Crippen LogP contribution is 2.36. The van der Waals surface area contributed by atoms with Crippen LogP contribution in [0, 0.1) is 0 Å². The molecule has 1 fully saturated rings. The Bertz CT molecular complexity index is 349. The highest BCUT2D eigenvalue weighted by molar-refractivity contribution is 9.10. The Morgan fingerprint density at radius 3 is 2.93 bits per heavy atom. The zero-order chi connectivity index (χ0) is 11.1. The van der Waals surface area contributed by atoms with Crippen molar-refractivity contribution in [1.82, 2.24) is 15.0 Å². The second-order valence-corrected chi connectivity index (χ2v) is 4.77. The molecule has 2 heterocycles. The van der Waals surface area contributed by atoms with Crippen molar-refractivity contribution in [3.8, 4) is 0 Å². The van der Waals surface area contributed by atoms with E-state index in [4.69, 9.17) is 4.74 Å². The van der Waals surface area contributed by atoms with Gasteiger partial charge in [-0.25, -0.2) is 4.68 Å². The summed E-state index contributed by atoms with van der Waals surface area (Å²) in [7, 11) is 1.78. The first kappa shape index (κ1) is 11.0. The largest absolute Gasteiger partial charge is 0.383 e. The van der Waals surface area contributed by atoms with Gasteiger partial charge in [0.25, 0.3) is 0 Å². The minimum Gasteiger partial charge on any atom is -0.383 e. The zero-order valence-electron chi connectivity index (χ0n) is 8.77. The van der Waals surface area contributed by atoms with Gasteiger partial charge in [-0.05, 0) is 22.9 Å². The van der Waals surface area contributed by atoms with Gasteiger partial charge in [-0.15, -0.1) is 5.10 Å². The summed E-state index contributed by atoms with van der Waals surface area (Å²) in [4.78, 5) is 0. The summed E-state index contributed by atoms with van der Waals surface area (Å²) in [6.07, 6.45) is 1.22. The van der Waals surface area contributed by atoms with Gasteiger partial charge in [0, 0.05) is 19.9 Å². The first-order valence-electron chi connectivity index (χ1n) is 4.92. The summed E-state index contributed by atoms with van der Waals surface area (Å²) in [6, 6.07) is 0. The summed E-state index contributed by atoms with van der Waals surface area (Å²) in [6.45, 7) is 2.52. The average Bonchev–Trinajstić information content (AvgIpc) is 2.46. The first-order chi connectivity index (χ1) is 7.03. The van der Waals surface area contributed by atoms with E-state index in [9.17, 15) is 5.11 Å². The number of ether oxygens (including phenoxy) is 1. The molecule has 84 valence electrons. The fraction of sp³-hybridized carbons (Fsp3) is 0.778. The molecule has 0 saturated carbocycles. The molecule has 2 atom stereocenters. The molecule has 1 saturated heterocycles. The maximum atomic E-state index is 10.6. The number of halogens is 1. The van der Waals surface area contributed by atoms with Gasteiger partial charge >= 0.3 is 0 Å². The second kappa shape index (κ2) is 3.84. The summed E-state index contributed by atoms with van der Waals surface area (Å²) in [5.41, 5.74) is -0.146. The molecule has 0 bridgehead atoms. The fourth-order valence-corrected chi connectivity index (χ4v) is 2.80. The van der Waals surface area contributed by atoms with Gasteiger partial charge in [0.1, 0.15) is 11.3 Å². The van der Waals surface area contributed by atoms with Crippen LogP contribution in [0.4, 0.5) is 0 Å². The Kier molecular flexibility index (Phi) is 2.83. The number of aryl methyl sites for hydroxylation is 1.